The molecule has 0 spiro atoms. The van der Waals surface area contributed by atoms with Gasteiger partial charge in [-0.1, -0.05) is 231 Å². The molecule has 3 nitrogen and oxygen atoms in total. The minimum Gasteiger partial charge on any atom is -0.208 e. The van der Waals surface area contributed by atoms with Gasteiger partial charge in [-0.2, -0.15) is 0 Å². The van der Waals surface area contributed by atoms with Crippen molar-refractivity contribution in [3.63, 3.8) is 0 Å². The van der Waals surface area contributed by atoms with Gasteiger partial charge in [-0.25, -0.2) is 15.0 Å². The van der Waals surface area contributed by atoms with E-state index in [1.165, 1.54) is 58.8 Å². The monoisotopic (exact) mass is 845 g/mol. The first kappa shape index (κ1) is 38.4. The van der Waals surface area contributed by atoms with Crippen molar-refractivity contribution in [2.75, 3.05) is 0 Å². The molecule has 304 valence electrons. The molecular formula is C61H39N3S. The topological polar surface area (TPSA) is 38.7 Å². The van der Waals surface area contributed by atoms with E-state index in [0.29, 0.717) is 17.5 Å². The first-order chi connectivity index (χ1) is 32.2. The molecule has 0 saturated carbocycles. The lowest BCUT2D eigenvalue weighted by Gasteiger charge is -2.15. The molecule has 0 N–H and O–H groups in total. The van der Waals surface area contributed by atoms with Gasteiger partial charge in [0.2, 0.25) is 0 Å². The molecule has 0 radical (unpaired) electrons. The van der Waals surface area contributed by atoms with Crippen LogP contribution in [-0.2, 0) is 0 Å². The summed E-state index contributed by atoms with van der Waals surface area (Å²) < 4.78 is 2.66. The highest BCUT2D eigenvalue weighted by Gasteiger charge is 2.19. The van der Waals surface area contributed by atoms with Crippen LogP contribution in [0.1, 0.15) is 0 Å². The van der Waals surface area contributed by atoms with Crippen LogP contribution in [0.5, 0.6) is 0 Å². The Morgan fingerprint density at radius 3 is 1.12 bits per heavy atom. The molecule has 0 amide bonds. The van der Waals surface area contributed by atoms with E-state index >= 15 is 0 Å². The second kappa shape index (κ2) is 16.4. The van der Waals surface area contributed by atoms with Gasteiger partial charge in [0.15, 0.2) is 17.5 Å². The fraction of sp³-hybridized carbons (Fsp3) is 0. The molecule has 0 unspecified atom stereocenters. The first-order valence-electron chi connectivity index (χ1n) is 21.9. The summed E-state index contributed by atoms with van der Waals surface area (Å²) in [5, 5.41) is 5.06. The predicted molar refractivity (Wildman–Crippen MR) is 274 cm³/mol. The molecule has 65 heavy (non-hydrogen) atoms. The molecule has 0 aliphatic carbocycles. The van der Waals surface area contributed by atoms with Crippen LogP contribution in [-0.4, -0.2) is 15.0 Å². The molecule has 0 saturated heterocycles. The fourth-order valence-electron chi connectivity index (χ4n) is 9.25. The summed E-state index contributed by atoms with van der Waals surface area (Å²) in [4.78, 5) is 15.7. The highest BCUT2D eigenvalue weighted by atomic mass is 32.1. The largest absolute Gasteiger partial charge is 0.208 e. The van der Waals surface area contributed by atoms with Gasteiger partial charge in [-0.3, -0.25) is 0 Å². The molecule has 4 heteroatoms. The van der Waals surface area contributed by atoms with E-state index in [1.807, 2.05) is 23.5 Å². The van der Waals surface area contributed by atoms with Crippen LogP contribution in [0, 0.1) is 0 Å². The number of fused-ring (bicyclic) bond motifs is 4. The number of hydrogen-bond donors (Lipinski definition) is 0. The number of aromatic nitrogens is 3. The highest BCUT2D eigenvalue weighted by molar-refractivity contribution is 7.26. The molecule has 0 aliphatic heterocycles. The maximum atomic E-state index is 5.22. The van der Waals surface area contributed by atoms with E-state index in [1.54, 1.807) is 0 Å². The minimum atomic E-state index is 0.620. The molecule has 12 rings (SSSR count). The van der Waals surface area contributed by atoms with Crippen LogP contribution in [0.2, 0.25) is 0 Å². The van der Waals surface area contributed by atoms with Crippen LogP contribution >= 0.6 is 11.3 Å². The third kappa shape index (κ3) is 7.07. The van der Waals surface area contributed by atoms with Gasteiger partial charge in [-0.15, -0.1) is 11.3 Å². The molecule has 0 fully saturated rings. The molecular weight excluding hydrogens is 807 g/mol. The molecule has 2 aromatic heterocycles. The maximum Gasteiger partial charge on any atom is 0.164 e. The summed E-state index contributed by atoms with van der Waals surface area (Å²) in [5.74, 6) is 1.88. The Bertz CT molecular complexity index is 3590. The van der Waals surface area contributed by atoms with Gasteiger partial charge in [0.05, 0.1) is 0 Å². The smallest absolute Gasteiger partial charge is 0.164 e. The summed E-state index contributed by atoms with van der Waals surface area (Å²) in [6.07, 6.45) is 0. The number of benzene rings is 10. The van der Waals surface area contributed by atoms with Gasteiger partial charge in [-0.05, 0) is 72.5 Å². The Balaban J connectivity index is 0.920. The zero-order valence-corrected chi connectivity index (χ0v) is 36.1. The summed E-state index contributed by atoms with van der Waals surface area (Å²) >= 11 is 1.87. The summed E-state index contributed by atoms with van der Waals surface area (Å²) in [7, 11) is 0. The molecule has 0 aliphatic rings. The molecule has 12 aromatic rings. The summed E-state index contributed by atoms with van der Waals surface area (Å²) in [6, 6.07) is 84.0. The highest BCUT2D eigenvalue weighted by Crippen LogP contribution is 2.42. The number of thiophene rings is 1. The van der Waals surface area contributed by atoms with Gasteiger partial charge in [0.1, 0.15) is 0 Å². The van der Waals surface area contributed by atoms with E-state index < -0.39 is 0 Å². The van der Waals surface area contributed by atoms with Crippen molar-refractivity contribution in [1.82, 2.24) is 15.0 Å². The Labute approximate surface area is 381 Å². The van der Waals surface area contributed by atoms with E-state index in [4.69, 9.17) is 15.0 Å². The first-order valence-corrected chi connectivity index (χ1v) is 22.7. The fourth-order valence-corrected chi connectivity index (χ4v) is 10.5. The van der Waals surface area contributed by atoms with Crippen LogP contribution < -0.4 is 0 Å². The lowest BCUT2D eigenvalue weighted by molar-refractivity contribution is 1.07. The van der Waals surface area contributed by atoms with Crippen molar-refractivity contribution < 1.29 is 0 Å². The SMILES string of the molecule is c1ccc(-c2ccccc2-c2nc(-c3ccc(-c4ccc(-c5ccc(-c6cccc7c6sc6ccccc67)cc5)c5ccccc45)cc3)nc(-c3ccccc3-c3ccccc3)n2)cc1. The van der Waals surface area contributed by atoms with Gasteiger partial charge in [0, 0.05) is 36.9 Å². The van der Waals surface area contributed by atoms with Crippen molar-refractivity contribution in [2.45, 2.75) is 0 Å². The van der Waals surface area contributed by atoms with Gasteiger partial charge < -0.3 is 0 Å². The van der Waals surface area contributed by atoms with Crippen LogP contribution in [0.25, 0.3) is 121 Å². The normalized spacial score (nSPS) is 11.4. The van der Waals surface area contributed by atoms with Crippen LogP contribution in [0.15, 0.2) is 237 Å². The number of rotatable bonds is 8. The van der Waals surface area contributed by atoms with E-state index in [2.05, 4.69) is 224 Å². The van der Waals surface area contributed by atoms with E-state index in [9.17, 15) is 0 Å². The lowest BCUT2D eigenvalue weighted by Crippen LogP contribution is -2.02. The lowest BCUT2D eigenvalue weighted by atomic mass is 9.91. The van der Waals surface area contributed by atoms with Crippen molar-refractivity contribution >= 4 is 42.3 Å². The molecule has 10 aromatic carbocycles. The van der Waals surface area contributed by atoms with Crippen molar-refractivity contribution in [3.05, 3.63) is 237 Å². The van der Waals surface area contributed by atoms with E-state index in [0.717, 1.165) is 44.5 Å². The Kier molecular flexibility index (Phi) is 9.70. The zero-order chi connectivity index (χ0) is 43.1. The summed E-state index contributed by atoms with van der Waals surface area (Å²) in [6.45, 7) is 0. The Morgan fingerprint density at radius 2 is 0.585 bits per heavy atom. The standard InChI is InChI=1S/C61H39N3S/c1-3-16-40(17-4-1)46-20-7-11-25-55(46)60-62-59(63-61(64-60)56-26-12-8-21-47(56)41-18-5-2-6-19-41)45-36-34-43(35-37-45)49-39-38-48(51-22-9-10-23-52(49)51)42-30-32-44(33-31-42)50-27-15-28-54-53-24-13-14-29-57(53)65-58(50)54/h1-39H. The third-order valence-electron chi connectivity index (χ3n) is 12.4. The van der Waals surface area contributed by atoms with E-state index in [-0.39, 0.29) is 0 Å². The van der Waals surface area contributed by atoms with Crippen LogP contribution in [0.4, 0.5) is 0 Å². The molecule has 0 atom stereocenters. The third-order valence-corrected chi connectivity index (χ3v) is 13.7. The summed E-state index contributed by atoms with van der Waals surface area (Å²) in [5.41, 5.74) is 14.4. The van der Waals surface area contributed by atoms with Crippen molar-refractivity contribution in [2.24, 2.45) is 0 Å². The maximum absolute atomic E-state index is 5.22. The number of hydrogen-bond acceptors (Lipinski definition) is 4. The average Bonchev–Trinajstić information content (AvgIpc) is 3.78. The quantitative estimate of drug-likeness (QED) is 0.153. The molecule has 2 heterocycles. The second-order valence-corrected chi connectivity index (χ2v) is 17.3. The van der Waals surface area contributed by atoms with Crippen molar-refractivity contribution in [3.8, 4) is 89.8 Å². The van der Waals surface area contributed by atoms with Gasteiger partial charge >= 0.3 is 0 Å². The zero-order valence-electron chi connectivity index (χ0n) is 35.3. The number of nitrogens with zero attached hydrogens (tertiary/aromatic N) is 3. The Hall–Kier alpha value is -8.31. The Morgan fingerprint density at radius 1 is 0.215 bits per heavy atom. The van der Waals surface area contributed by atoms with Crippen molar-refractivity contribution in [1.29, 1.82) is 0 Å². The average molecular weight is 846 g/mol. The minimum absolute atomic E-state index is 0.620. The molecule has 0 bridgehead atoms. The van der Waals surface area contributed by atoms with Gasteiger partial charge in [0.25, 0.3) is 0 Å². The van der Waals surface area contributed by atoms with Crippen LogP contribution in [0.3, 0.4) is 0 Å². The second-order valence-electron chi connectivity index (χ2n) is 16.3. The predicted octanol–water partition coefficient (Wildman–Crippen LogP) is 16.7.